The van der Waals surface area contributed by atoms with Gasteiger partial charge >= 0.3 is 0 Å². The van der Waals surface area contributed by atoms with Crippen molar-refractivity contribution in [3.8, 4) is 0 Å². The van der Waals surface area contributed by atoms with Crippen molar-refractivity contribution >= 4 is 5.91 Å². The molecule has 476 valence electrons. The SMILES string of the molecule is CC/C=C\C/C=C\C/C=C\C/C=C\C/C=C\C/C=C\C/C=C\C/C=C\CCCCCCCCCCCCCCCCCCC(=O)NC(COC1OC(CO)C(O)C(O)C1O)C(O)/C=C/CC/C=C/CCCCCCCCCCCCCCC. The highest BCUT2D eigenvalue weighted by Gasteiger charge is 2.44. The minimum absolute atomic E-state index is 0.188. The Hall–Kier alpha value is -3.41. The van der Waals surface area contributed by atoms with Gasteiger partial charge in [-0.2, -0.15) is 0 Å². The van der Waals surface area contributed by atoms with Crippen molar-refractivity contribution in [3.05, 3.63) is 122 Å². The van der Waals surface area contributed by atoms with Crippen molar-refractivity contribution in [3.63, 3.8) is 0 Å². The minimum atomic E-state index is -1.58. The third-order valence-corrected chi connectivity index (χ3v) is 15.5. The van der Waals surface area contributed by atoms with Gasteiger partial charge in [0.1, 0.15) is 24.4 Å². The molecule has 0 saturated carbocycles. The number of allylic oxidation sites excluding steroid dienone is 19. The van der Waals surface area contributed by atoms with Gasteiger partial charge in [0.05, 0.1) is 25.4 Å². The van der Waals surface area contributed by atoms with E-state index in [0.717, 1.165) is 89.9 Å². The van der Waals surface area contributed by atoms with Gasteiger partial charge in [0.25, 0.3) is 0 Å². The van der Waals surface area contributed by atoms with E-state index in [-0.39, 0.29) is 12.5 Å². The van der Waals surface area contributed by atoms with Gasteiger partial charge in [-0.3, -0.25) is 4.79 Å². The smallest absolute Gasteiger partial charge is 0.220 e. The Balaban J connectivity index is 2.11. The van der Waals surface area contributed by atoms with Gasteiger partial charge in [-0.05, 0) is 96.3 Å². The molecule has 83 heavy (non-hydrogen) atoms. The van der Waals surface area contributed by atoms with E-state index in [9.17, 15) is 30.3 Å². The predicted molar refractivity (Wildman–Crippen MR) is 354 cm³/mol. The fourth-order valence-electron chi connectivity index (χ4n) is 10.2. The van der Waals surface area contributed by atoms with Crippen LogP contribution in [0.2, 0.25) is 0 Å². The molecular formula is C74H127NO8. The number of hydrogen-bond donors (Lipinski definition) is 6. The van der Waals surface area contributed by atoms with Crippen molar-refractivity contribution in [2.24, 2.45) is 0 Å². The molecule has 0 aliphatic carbocycles. The summed E-state index contributed by atoms with van der Waals surface area (Å²) in [5.41, 5.74) is 0. The summed E-state index contributed by atoms with van der Waals surface area (Å²) >= 11 is 0. The zero-order chi connectivity index (χ0) is 60.0. The molecule has 1 aliphatic rings. The van der Waals surface area contributed by atoms with Crippen LogP contribution in [0, 0.1) is 0 Å². The Morgan fingerprint density at radius 3 is 1.16 bits per heavy atom. The minimum Gasteiger partial charge on any atom is -0.394 e. The maximum Gasteiger partial charge on any atom is 0.220 e. The molecule has 1 fully saturated rings. The Morgan fingerprint density at radius 1 is 0.422 bits per heavy atom. The van der Waals surface area contributed by atoms with Crippen LogP contribution in [0.3, 0.4) is 0 Å². The Labute approximate surface area is 509 Å². The first-order valence-electron chi connectivity index (χ1n) is 34.3. The average molecular weight is 1160 g/mol. The van der Waals surface area contributed by atoms with Gasteiger partial charge in [0.15, 0.2) is 6.29 Å². The summed E-state index contributed by atoms with van der Waals surface area (Å²) in [6, 6.07) is -0.828. The van der Waals surface area contributed by atoms with E-state index >= 15 is 0 Å². The van der Waals surface area contributed by atoms with Crippen LogP contribution in [0.25, 0.3) is 0 Å². The number of amides is 1. The molecule has 9 heteroatoms. The summed E-state index contributed by atoms with van der Waals surface area (Å²) in [6.45, 7) is 3.66. The van der Waals surface area contributed by atoms with Crippen molar-refractivity contribution in [1.82, 2.24) is 5.32 Å². The molecule has 9 nitrogen and oxygen atoms in total. The van der Waals surface area contributed by atoms with E-state index in [0.29, 0.717) is 6.42 Å². The zero-order valence-corrected chi connectivity index (χ0v) is 53.2. The van der Waals surface area contributed by atoms with Gasteiger partial charge in [0.2, 0.25) is 5.91 Å². The number of nitrogens with one attached hydrogen (secondary N) is 1. The van der Waals surface area contributed by atoms with Crippen LogP contribution in [-0.4, -0.2) is 87.5 Å². The van der Waals surface area contributed by atoms with E-state index in [2.05, 4.69) is 129 Å². The molecule has 6 N–H and O–H groups in total. The number of aliphatic hydroxyl groups excluding tert-OH is 5. The number of ether oxygens (including phenoxy) is 2. The Kier molecular flexibility index (Phi) is 57.7. The van der Waals surface area contributed by atoms with Crippen LogP contribution in [0.5, 0.6) is 0 Å². The number of rotatable bonds is 58. The van der Waals surface area contributed by atoms with E-state index < -0.39 is 49.5 Å². The van der Waals surface area contributed by atoms with Crippen LogP contribution in [0.4, 0.5) is 0 Å². The molecule has 0 bridgehead atoms. The molecule has 1 heterocycles. The first-order chi connectivity index (χ1) is 40.8. The first kappa shape index (κ1) is 77.6. The number of aliphatic hydroxyl groups is 5. The van der Waals surface area contributed by atoms with E-state index in [1.165, 1.54) is 173 Å². The molecule has 0 aromatic heterocycles. The molecular weight excluding hydrogens is 1030 g/mol. The lowest BCUT2D eigenvalue weighted by molar-refractivity contribution is -0.302. The lowest BCUT2D eigenvalue weighted by Gasteiger charge is -2.40. The van der Waals surface area contributed by atoms with Gasteiger partial charge in [-0.1, -0.05) is 302 Å². The number of carbonyl (C=O) groups is 1. The molecule has 0 spiro atoms. The lowest BCUT2D eigenvalue weighted by atomic mass is 9.99. The Morgan fingerprint density at radius 2 is 0.759 bits per heavy atom. The molecule has 7 atom stereocenters. The number of carbonyl (C=O) groups excluding carboxylic acids is 1. The van der Waals surface area contributed by atoms with E-state index in [1.807, 2.05) is 6.08 Å². The fourth-order valence-corrected chi connectivity index (χ4v) is 10.2. The third-order valence-electron chi connectivity index (χ3n) is 15.5. The summed E-state index contributed by atoms with van der Waals surface area (Å²) in [4.78, 5) is 13.1. The molecule has 0 aromatic carbocycles. The second-order valence-corrected chi connectivity index (χ2v) is 23.2. The lowest BCUT2D eigenvalue weighted by Crippen LogP contribution is -2.60. The summed E-state index contributed by atoms with van der Waals surface area (Å²) in [7, 11) is 0. The normalized spacial score (nSPS) is 19.0. The summed E-state index contributed by atoms with van der Waals surface area (Å²) in [5.74, 6) is -0.188. The van der Waals surface area contributed by atoms with Crippen molar-refractivity contribution in [1.29, 1.82) is 0 Å². The summed E-state index contributed by atoms with van der Waals surface area (Å²) < 4.78 is 11.3. The van der Waals surface area contributed by atoms with Crippen LogP contribution in [-0.2, 0) is 14.3 Å². The van der Waals surface area contributed by atoms with Gasteiger partial charge in [0, 0.05) is 6.42 Å². The number of unbranched alkanes of at least 4 members (excludes halogenated alkanes) is 30. The van der Waals surface area contributed by atoms with Gasteiger partial charge in [-0.15, -0.1) is 0 Å². The van der Waals surface area contributed by atoms with Crippen molar-refractivity contribution in [2.75, 3.05) is 13.2 Å². The molecule has 1 aliphatic heterocycles. The van der Waals surface area contributed by atoms with Crippen molar-refractivity contribution in [2.45, 2.75) is 326 Å². The molecule has 1 saturated heterocycles. The second kappa shape index (κ2) is 61.7. The third kappa shape index (κ3) is 50.5. The highest BCUT2D eigenvalue weighted by molar-refractivity contribution is 5.76. The van der Waals surface area contributed by atoms with Crippen LogP contribution in [0.1, 0.15) is 284 Å². The highest BCUT2D eigenvalue weighted by Crippen LogP contribution is 2.23. The fraction of sp³-hybridized carbons (Fsp3) is 0.716. The topological polar surface area (TPSA) is 149 Å². The summed E-state index contributed by atoms with van der Waals surface area (Å²) in [6.07, 6.45) is 85.8. The zero-order valence-electron chi connectivity index (χ0n) is 53.2. The van der Waals surface area contributed by atoms with Crippen LogP contribution < -0.4 is 5.32 Å². The second-order valence-electron chi connectivity index (χ2n) is 23.2. The van der Waals surface area contributed by atoms with E-state index in [4.69, 9.17) is 9.47 Å². The Bertz CT molecular complexity index is 1720. The molecule has 1 rings (SSSR count). The monoisotopic (exact) mass is 1160 g/mol. The molecule has 7 unspecified atom stereocenters. The van der Waals surface area contributed by atoms with Gasteiger partial charge in [-0.25, -0.2) is 0 Å². The van der Waals surface area contributed by atoms with Gasteiger partial charge < -0.3 is 40.3 Å². The van der Waals surface area contributed by atoms with Crippen LogP contribution >= 0.6 is 0 Å². The predicted octanol–water partition coefficient (Wildman–Crippen LogP) is 18.6. The van der Waals surface area contributed by atoms with Crippen molar-refractivity contribution < 1.29 is 39.8 Å². The largest absolute Gasteiger partial charge is 0.394 e. The quantitative estimate of drug-likeness (QED) is 0.0261. The molecule has 0 radical (unpaired) electrons. The summed E-state index contributed by atoms with van der Waals surface area (Å²) in [5, 5.41) is 54.6. The average Bonchev–Trinajstić information content (AvgIpc) is 3.61. The molecule has 1 amide bonds. The van der Waals surface area contributed by atoms with Crippen LogP contribution in [0.15, 0.2) is 122 Å². The van der Waals surface area contributed by atoms with E-state index in [1.54, 1.807) is 6.08 Å². The first-order valence-corrected chi connectivity index (χ1v) is 34.3. The maximum absolute atomic E-state index is 13.1. The maximum atomic E-state index is 13.1. The molecule has 0 aromatic rings. The highest BCUT2D eigenvalue weighted by atomic mass is 16.7. The number of hydrogen-bond acceptors (Lipinski definition) is 8. The standard InChI is InChI=1S/C74H127NO8/c1-3-5-7-9-11-13-15-17-19-21-23-24-25-26-27-28-29-30-31-32-33-34-35-36-37-38-39-40-41-42-43-44-46-48-50-52-54-56-58-60-62-64-70(78)75-67(66-82-74-73(81)72(80)71(79)69(65-76)83-74)68(77)63-61-59-57-55-53-51-49-47-45-22-20-18-16-14-12-10-8-6-4-2/h5,7,11,13,17,19,23-24,26-27,29-30,32-33,35-36,53,55,61,63,67-69,71-74,76-77,79-81H,3-4,6,8-10,12,14-16,18,20-22,25,28,31,34,37-52,54,56-60,62,64-66H2,1-2H3,(H,75,78)/b7-5-,13-11-,19-17-,24-23-,27-26-,30-29-,33-32-,36-35-,55-53+,63-61+.